The van der Waals surface area contributed by atoms with Crippen LogP contribution in [0.25, 0.3) is 10.2 Å². The van der Waals surface area contributed by atoms with Crippen molar-refractivity contribution in [1.82, 2.24) is 9.97 Å². The van der Waals surface area contributed by atoms with E-state index in [-0.39, 0.29) is 0 Å². The molecule has 17 heavy (non-hydrogen) atoms. The van der Waals surface area contributed by atoms with Gasteiger partial charge in [0.15, 0.2) is 5.13 Å². The number of nitrogens with zero attached hydrogens (tertiary/aromatic N) is 2. The van der Waals surface area contributed by atoms with E-state index in [1.54, 1.807) is 11.3 Å². The average Bonchev–Trinajstić information content (AvgIpc) is 2.80. The highest BCUT2D eigenvalue weighted by molar-refractivity contribution is 7.22. The molecule has 0 atom stereocenters. The summed E-state index contributed by atoms with van der Waals surface area (Å²) in [6, 6.07) is 2.01. The van der Waals surface area contributed by atoms with Crippen LogP contribution in [-0.2, 0) is 4.74 Å². The zero-order chi connectivity index (χ0) is 11.5. The third kappa shape index (κ3) is 2.56. The summed E-state index contributed by atoms with van der Waals surface area (Å²) in [5.41, 5.74) is 0.979. The van der Waals surface area contributed by atoms with Gasteiger partial charge in [-0.15, -0.1) is 0 Å². The summed E-state index contributed by atoms with van der Waals surface area (Å²) in [6.07, 6.45) is 5.92. The third-order valence-electron chi connectivity index (χ3n) is 3.07. The fourth-order valence-electron chi connectivity index (χ4n) is 2.04. The number of nitrogens with one attached hydrogen (secondary N) is 1. The molecule has 0 aromatic carbocycles. The summed E-state index contributed by atoms with van der Waals surface area (Å²) in [5, 5.41) is 4.43. The van der Waals surface area contributed by atoms with Crippen LogP contribution in [-0.4, -0.2) is 29.7 Å². The average molecular weight is 249 g/mol. The highest BCUT2D eigenvalue weighted by Crippen LogP contribution is 2.25. The largest absolute Gasteiger partial charge is 0.381 e. The van der Waals surface area contributed by atoms with Crippen LogP contribution >= 0.6 is 11.3 Å². The van der Waals surface area contributed by atoms with Gasteiger partial charge in [-0.2, -0.15) is 0 Å². The molecule has 1 saturated heterocycles. The van der Waals surface area contributed by atoms with E-state index >= 15 is 0 Å². The number of pyridine rings is 1. The maximum Gasteiger partial charge on any atom is 0.183 e. The second-order valence-corrected chi connectivity index (χ2v) is 5.33. The van der Waals surface area contributed by atoms with E-state index in [0.717, 1.165) is 43.2 Å². The fourth-order valence-corrected chi connectivity index (χ4v) is 2.88. The van der Waals surface area contributed by atoms with Gasteiger partial charge in [-0.05, 0) is 24.8 Å². The van der Waals surface area contributed by atoms with E-state index in [9.17, 15) is 0 Å². The van der Waals surface area contributed by atoms with Gasteiger partial charge in [-0.25, -0.2) is 4.98 Å². The molecule has 0 radical (unpaired) electrons. The van der Waals surface area contributed by atoms with Gasteiger partial charge in [0.05, 0.1) is 10.9 Å². The minimum absolute atomic E-state index is 0.717. The number of thiazole rings is 1. The SMILES string of the molecule is c1cc2sc(NCC3CCOCC3)nc2cn1. The predicted molar refractivity (Wildman–Crippen MR) is 69.4 cm³/mol. The van der Waals surface area contributed by atoms with Gasteiger partial charge in [0.25, 0.3) is 0 Å². The first-order chi connectivity index (χ1) is 8.42. The van der Waals surface area contributed by atoms with Gasteiger partial charge in [0.1, 0.15) is 5.52 Å². The van der Waals surface area contributed by atoms with Crippen molar-refractivity contribution < 1.29 is 4.74 Å². The van der Waals surface area contributed by atoms with Gasteiger partial charge in [-0.3, -0.25) is 4.98 Å². The van der Waals surface area contributed by atoms with Gasteiger partial charge in [-0.1, -0.05) is 11.3 Å². The number of hydrogen-bond donors (Lipinski definition) is 1. The number of hydrogen-bond acceptors (Lipinski definition) is 5. The second-order valence-electron chi connectivity index (χ2n) is 4.30. The van der Waals surface area contributed by atoms with Crippen molar-refractivity contribution >= 4 is 26.7 Å². The molecule has 0 spiro atoms. The van der Waals surface area contributed by atoms with Crippen molar-refractivity contribution in [3.8, 4) is 0 Å². The summed E-state index contributed by atoms with van der Waals surface area (Å²) in [5.74, 6) is 0.717. The Morgan fingerprint density at radius 2 is 2.29 bits per heavy atom. The third-order valence-corrected chi connectivity index (χ3v) is 4.07. The topological polar surface area (TPSA) is 47.0 Å². The van der Waals surface area contributed by atoms with Gasteiger partial charge < -0.3 is 10.1 Å². The molecule has 1 aliphatic heterocycles. The number of ether oxygens (including phenoxy) is 1. The summed E-state index contributed by atoms with van der Waals surface area (Å²) in [6.45, 7) is 2.79. The van der Waals surface area contributed by atoms with Crippen molar-refractivity contribution in [3.63, 3.8) is 0 Å². The molecule has 0 unspecified atom stereocenters. The van der Waals surface area contributed by atoms with Crippen LogP contribution in [0.3, 0.4) is 0 Å². The van der Waals surface area contributed by atoms with Crippen LogP contribution in [0.2, 0.25) is 0 Å². The Hall–Kier alpha value is -1.20. The molecule has 0 amide bonds. The van der Waals surface area contributed by atoms with Crippen molar-refractivity contribution in [2.24, 2.45) is 5.92 Å². The van der Waals surface area contributed by atoms with Crippen LogP contribution in [0.15, 0.2) is 18.5 Å². The van der Waals surface area contributed by atoms with Crippen molar-refractivity contribution in [2.75, 3.05) is 25.1 Å². The molecule has 0 saturated carbocycles. The van der Waals surface area contributed by atoms with E-state index in [4.69, 9.17) is 4.74 Å². The minimum Gasteiger partial charge on any atom is -0.381 e. The lowest BCUT2D eigenvalue weighted by Crippen LogP contribution is -2.22. The van der Waals surface area contributed by atoms with Crippen LogP contribution < -0.4 is 5.32 Å². The highest BCUT2D eigenvalue weighted by atomic mass is 32.1. The molecule has 3 heterocycles. The standard InChI is InChI=1S/C12H15N3OS/c1-4-13-8-10-11(1)17-12(15-10)14-7-9-2-5-16-6-3-9/h1,4,8-9H,2-3,5-7H2,(H,14,15). The number of aromatic nitrogens is 2. The quantitative estimate of drug-likeness (QED) is 0.908. The van der Waals surface area contributed by atoms with Crippen LogP contribution in [0, 0.1) is 5.92 Å². The zero-order valence-corrected chi connectivity index (χ0v) is 10.4. The molecular weight excluding hydrogens is 234 g/mol. The molecule has 2 aromatic rings. The molecule has 2 aromatic heterocycles. The van der Waals surface area contributed by atoms with Crippen molar-refractivity contribution in [1.29, 1.82) is 0 Å². The Morgan fingerprint density at radius 1 is 1.41 bits per heavy atom. The molecular formula is C12H15N3OS. The molecule has 90 valence electrons. The maximum absolute atomic E-state index is 5.35. The molecule has 3 rings (SSSR count). The van der Waals surface area contributed by atoms with Gasteiger partial charge in [0, 0.05) is 26.0 Å². The lowest BCUT2D eigenvalue weighted by molar-refractivity contribution is 0.0699. The molecule has 5 heteroatoms. The highest BCUT2D eigenvalue weighted by Gasteiger charge is 2.14. The Morgan fingerprint density at radius 3 is 3.12 bits per heavy atom. The smallest absolute Gasteiger partial charge is 0.183 e. The molecule has 4 nitrogen and oxygen atoms in total. The second kappa shape index (κ2) is 4.98. The lowest BCUT2D eigenvalue weighted by Gasteiger charge is -2.21. The Kier molecular flexibility index (Phi) is 3.20. The van der Waals surface area contributed by atoms with Crippen molar-refractivity contribution in [3.05, 3.63) is 18.5 Å². The zero-order valence-electron chi connectivity index (χ0n) is 9.56. The molecule has 0 bridgehead atoms. The minimum atomic E-state index is 0.717. The summed E-state index contributed by atoms with van der Waals surface area (Å²) < 4.78 is 6.54. The Balaban J connectivity index is 1.64. The number of anilines is 1. The summed E-state index contributed by atoms with van der Waals surface area (Å²) >= 11 is 1.69. The van der Waals surface area contributed by atoms with E-state index in [1.807, 2.05) is 18.5 Å². The summed E-state index contributed by atoms with van der Waals surface area (Å²) in [4.78, 5) is 8.59. The molecule has 1 aliphatic rings. The van der Waals surface area contributed by atoms with Crippen molar-refractivity contribution in [2.45, 2.75) is 12.8 Å². The van der Waals surface area contributed by atoms with Gasteiger partial charge in [0.2, 0.25) is 0 Å². The Bertz CT molecular complexity index is 460. The summed E-state index contributed by atoms with van der Waals surface area (Å²) in [7, 11) is 0. The predicted octanol–water partition coefficient (Wildman–Crippen LogP) is 2.53. The van der Waals surface area contributed by atoms with Crippen LogP contribution in [0.5, 0.6) is 0 Å². The lowest BCUT2D eigenvalue weighted by atomic mass is 10.0. The first kappa shape index (κ1) is 10.9. The molecule has 0 aliphatic carbocycles. The monoisotopic (exact) mass is 249 g/mol. The molecule has 1 fully saturated rings. The van der Waals surface area contributed by atoms with E-state index in [0.29, 0.717) is 5.92 Å². The maximum atomic E-state index is 5.35. The number of fused-ring (bicyclic) bond motifs is 1. The van der Waals surface area contributed by atoms with E-state index < -0.39 is 0 Å². The Labute approximate surface area is 104 Å². The molecule has 1 N–H and O–H groups in total. The van der Waals surface area contributed by atoms with E-state index in [1.165, 1.54) is 4.70 Å². The van der Waals surface area contributed by atoms with Gasteiger partial charge >= 0.3 is 0 Å². The normalized spacial score (nSPS) is 17.4. The van der Waals surface area contributed by atoms with Crippen LogP contribution in [0.1, 0.15) is 12.8 Å². The fraction of sp³-hybridized carbons (Fsp3) is 0.500. The van der Waals surface area contributed by atoms with E-state index in [2.05, 4.69) is 15.3 Å². The number of rotatable bonds is 3. The van der Waals surface area contributed by atoms with Crippen LogP contribution in [0.4, 0.5) is 5.13 Å². The first-order valence-corrected chi connectivity index (χ1v) is 6.75. The first-order valence-electron chi connectivity index (χ1n) is 5.94.